The van der Waals surface area contributed by atoms with E-state index >= 15 is 0 Å². The van der Waals surface area contributed by atoms with Crippen molar-refractivity contribution < 1.29 is 5.11 Å². The molecule has 2 aromatic heterocycles. The summed E-state index contributed by atoms with van der Waals surface area (Å²) >= 11 is 0. The highest BCUT2D eigenvalue weighted by Crippen LogP contribution is 2.34. The van der Waals surface area contributed by atoms with E-state index in [9.17, 15) is 5.11 Å². The van der Waals surface area contributed by atoms with E-state index in [2.05, 4.69) is 37.0 Å². The Labute approximate surface area is 128 Å². The summed E-state index contributed by atoms with van der Waals surface area (Å²) in [5.41, 5.74) is 7.43. The van der Waals surface area contributed by atoms with Crippen LogP contribution in [0.15, 0.2) is 12.2 Å². The van der Waals surface area contributed by atoms with Crippen LogP contribution in [0.2, 0.25) is 0 Å². The summed E-state index contributed by atoms with van der Waals surface area (Å²) in [6, 6.07) is 0.637. The van der Waals surface area contributed by atoms with E-state index in [-0.39, 0.29) is 24.5 Å². The van der Waals surface area contributed by atoms with Crippen LogP contribution in [0, 0.1) is 12.8 Å². The first-order chi connectivity index (χ1) is 10.7. The first kappa shape index (κ1) is 13.5. The van der Waals surface area contributed by atoms with Gasteiger partial charge in [-0.3, -0.25) is 0 Å². The molecule has 22 heavy (non-hydrogen) atoms. The fraction of sp³-hybridized carbons (Fsp3) is 0.533. The van der Waals surface area contributed by atoms with Crippen LogP contribution >= 0.6 is 0 Å². The molecular weight excluding hydrogens is 280 g/mol. The number of nitrogens with zero attached hydrogens (tertiary/aromatic N) is 4. The predicted octanol–water partition coefficient (Wildman–Crippen LogP) is 1.40. The maximum Gasteiger partial charge on any atom is 0.224 e. The SMILES string of the molecule is Cc1nc2c(NC3CC3)nc(N)nc2n1[C@@H]1C=C[C@H](CO)C1. The molecule has 2 aliphatic rings. The maximum absolute atomic E-state index is 9.33. The van der Waals surface area contributed by atoms with Gasteiger partial charge in [-0.05, 0) is 26.2 Å². The molecule has 0 amide bonds. The first-order valence-corrected chi connectivity index (χ1v) is 7.73. The van der Waals surface area contributed by atoms with Crippen LogP contribution in [0.5, 0.6) is 0 Å². The summed E-state index contributed by atoms with van der Waals surface area (Å²) in [4.78, 5) is 13.4. The third kappa shape index (κ3) is 2.21. The lowest BCUT2D eigenvalue weighted by molar-refractivity contribution is 0.244. The van der Waals surface area contributed by atoms with Crippen molar-refractivity contribution in [2.75, 3.05) is 17.7 Å². The smallest absolute Gasteiger partial charge is 0.224 e. The number of imidazole rings is 1. The molecule has 4 rings (SSSR count). The summed E-state index contributed by atoms with van der Waals surface area (Å²) in [5.74, 6) is 2.08. The standard InChI is InChI=1S/C15H20N6O/c1-8-17-12-13(18-10-3-4-10)19-15(16)20-14(12)21(8)11-5-2-9(6-11)7-22/h2,5,9-11,22H,3-4,6-7H2,1H3,(H3,16,18,19,20)/t9-,11+/m0/s1. The Bertz CT molecular complexity index is 748. The van der Waals surface area contributed by atoms with Crippen molar-refractivity contribution in [3.63, 3.8) is 0 Å². The Balaban J connectivity index is 1.80. The van der Waals surface area contributed by atoms with Gasteiger partial charge < -0.3 is 20.7 Å². The van der Waals surface area contributed by atoms with Crippen molar-refractivity contribution in [2.24, 2.45) is 5.92 Å². The van der Waals surface area contributed by atoms with E-state index in [0.717, 1.165) is 42.1 Å². The summed E-state index contributed by atoms with van der Waals surface area (Å²) in [5, 5.41) is 12.7. The molecule has 1 fully saturated rings. The topological polar surface area (TPSA) is 102 Å². The van der Waals surface area contributed by atoms with Crippen molar-refractivity contribution >= 4 is 22.9 Å². The number of aryl methyl sites for hydroxylation is 1. The summed E-state index contributed by atoms with van der Waals surface area (Å²) in [7, 11) is 0. The lowest BCUT2D eigenvalue weighted by Crippen LogP contribution is -2.11. The molecule has 4 N–H and O–H groups in total. The number of hydrogen-bond acceptors (Lipinski definition) is 6. The van der Waals surface area contributed by atoms with Gasteiger partial charge in [0.2, 0.25) is 5.95 Å². The van der Waals surface area contributed by atoms with E-state index in [1.165, 1.54) is 0 Å². The highest BCUT2D eigenvalue weighted by atomic mass is 16.3. The second kappa shape index (κ2) is 4.95. The molecule has 116 valence electrons. The molecule has 7 heteroatoms. The number of aliphatic hydroxyl groups excluding tert-OH is 1. The molecule has 0 aliphatic heterocycles. The number of rotatable bonds is 4. The Morgan fingerprint density at radius 1 is 1.32 bits per heavy atom. The van der Waals surface area contributed by atoms with Gasteiger partial charge >= 0.3 is 0 Å². The highest BCUT2D eigenvalue weighted by Gasteiger charge is 2.27. The summed E-state index contributed by atoms with van der Waals surface area (Å²) in [6.45, 7) is 2.14. The Kier molecular flexibility index (Phi) is 3.04. The predicted molar refractivity (Wildman–Crippen MR) is 84.5 cm³/mol. The van der Waals surface area contributed by atoms with Crippen molar-refractivity contribution in [1.29, 1.82) is 0 Å². The lowest BCUT2D eigenvalue weighted by Gasteiger charge is -2.15. The van der Waals surface area contributed by atoms with Gasteiger partial charge in [0.05, 0.1) is 6.04 Å². The van der Waals surface area contributed by atoms with Crippen molar-refractivity contribution in [3.05, 3.63) is 18.0 Å². The minimum Gasteiger partial charge on any atom is -0.396 e. The average Bonchev–Trinajstić information content (AvgIpc) is 3.06. The molecular formula is C15H20N6O. The number of fused-ring (bicyclic) bond motifs is 1. The summed E-state index contributed by atoms with van der Waals surface area (Å²) in [6.07, 6.45) is 7.35. The molecule has 0 unspecified atom stereocenters. The molecule has 1 saturated carbocycles. The number of anilines is 2. The van der Waals surface area contributed by atoms with Crippen LogP contribution in [0.1, 0.15) is 31.1 Å². The van der Waals surface area contributed by atoms with E-state index < -0.39 is 0 Å². The Morgan fingerprint density at radius 2 is 2.14 bits per heavy atom. The average molecular weight is 300 g/mol. The van der Waals surface area contributed by atoms with Gasteiger partial charge in [0, 0.05) is 18.6 Å². The Morgan fingerprint density at radius 3 is 2.82 bits per heavy atom. The molecule has 0 bridgehead atoms. The van der Waals surface area contributed by atoms with Gasteiger partial charge in [-0.15, -0.1) is 0 Å². The second-order valence-corrected chi connectivity index (χ2v) is 6.18. The van der Waals surface area contributed by atoms with Gasteiger partial charge in [-0.2, -0.15) is 9.97 Å². The van der Waals surface area contributed by atoms with Gasteiger partial charge in [0.25, 0.3) is 0 Å². The van der Waals surface area contributed by atoms with Crippen LogP contribution in [0.4, 0.5) is 11.8 Å². The minimum absolute atomic E-state index is 0.158. The zero-order valence-corrected chi connectivity index (χ0v) is 12.5. The Hall–Kier alpha value is -2.15. The third-order valence-corrected chi connectivity index (χ3v) is 4.37. The van der Waals surface area contributed by atoms with Gasteiger partial charge in [0.1, 0.15) is 5.82 Å². The van der Waals surface area contributed by atoms with Crippen molar-refractivity contribution in [2.45, 2.75) is 38.3 Å². The van der Waals surface area contributed by atoms with Gasteiger partial charge in [0.15, 0.2) is 17.0 Å². The number of nitrogens with one attached hydrogen (secondary N) is 1. The molecule has 0 saturated heterocycles. The second-order valence-electron chi connectivity index (χ2n) is 6.18. The quantitative estimate of drug-likeness (QED) is 0.738. The molecule has 2 aliphatic carbocycles. The van der Waals surface area contributed by atoms with Crippen LogP contribution in [0.3, 0.4) is 0 Å². The molecule has 0 spiro atoms. The van der Waals surface area contributed by atoms with E-state index in [1.807, 2.05) is 6.92 Å². The number of nitrogen functional groups attached to an aromatic ring is 1. The number of hydrogen-bond donors (Lipinski definition) is 3. The van der Waals surface area contributed by atoms with Crippen LogP contribution < -0.4 is 11.1 Å². The maximum atomic E-state index is 9.33. The zero-order valence-electron chi connectivity index (χ0n) is 12.5. The first-order valence-electron chi connectivity index (χ1n) is 7.73. The number of nitrogens with two attached hydrogens (primary N) is 1. The lowest BCUT2D eigenvalue weighted by atomic mass is 10.1. The van der Waals surface area contributed by atoms with Crippen molar-refractivity contribution in [3.8, 4) is 0 Å². The van der Waals surface area contributed by atoms with Gasteiger partial charge in [-0.25, -0.2) is 4.98 Å². The molecule has 0 radical (unpaired) electrons. The van der Waals surface area contributed by atoms with Crippen LogP contribution in [-0.4, -0.2) is 37.3 Å². The number of aromatic nitrogens is 4. The molecule has 2 heterocycles. The normalized spacial score (nSPS) is 24.3. The monoisotopic (exact) mass is 300 g/mol. The molecule has 0 aromatic carbocycles. The van der Waals surface area contributed by atoms with Crippen LogP contribution in [0.25, 0.3) is 11.2 Å². The van der Waals surface area contributed by atoms with Crippen LogP contribution in [-0.2, 0) is 0 Å². The third-order valence-electron chi connectivity index (χ3n) is 4.37. The van der Waals surface area contributed by atoms with E-state index in [4.69, 9.17) is 5.73 Å². The highest BCUT2D eigenvalue weighted by molar-refractivity contribution is 5.85. The fourth-order valence-electron chi connectivity index (χ4n) is 3.10. The van der Waals surface area contributed by atoms with E-state index in [1.54, 1.807) is 0 Å². The number of aliphatic hydroxyl groups is 1. The fourth-order valence-corrected chi connectivity index (χ4v) is 3.10. The minimum atomic E-state index is 0.158. The van der Waals surface area contributed by atoms with E-state index in [0.29, 0.717) is 6.04 Å². The largest absolute Gasteiger partial charge is 0.396 e. The summed E-state index contributed by atoms with van der Waals surface area (Å²) < 4.78 is 2.09. The number of allylic oxidation sites excluding steroid dienone is 1. The molecule has 2 aromatic rings. The zero-order chi connectivity index (χ0) is 15.3. The molecule has 2 atom stereocenters. The van der Waals surface area contributed by atoms with Crippen molar-refractivity contribution in [1.82, 2.24) is 19.5 Å². The molecule has 7 nitrogen and oxygen atoms in total. The van der Waals surface area contributed by atoms with Gasteiger partial charge in [-0.1, -0.05) is 12.2 Å².